The van der Waals surface area contributed by atoms with Gasteiger partial charge in [-0.05, 0) is 6.07 Å². The van der Waals surface area contributed by atoms with Gasteiger partial charge in [-0.25, -0.2) is 0 Å². The molecule has 0 N–H and O–H groups in total. The van der Waals surface area contributed by atoms with Crippen molar-refractivity contribution in [2.45, 2.75) is 0 Å². The Hall–Kier alpha value is -0.370. The second-order valence-corrected chi connectivity index (χ2v) is 5.47. The van der Waals surface area contributed by atoms with E-state index in [4.69, 9.17) is 22.5 Å². The molecule has 0 aromatic heterocycles. The molecule has 1 aromatic rings. The van der Waals surface area contributed by atoms with Crippen LogP contribution in [0.2, 0.25) is 0 Å². The first-order valence-electron chi connectivity index (χ1n) is 2.98. The molecule has 1 rings (SSSR count). The lowest BCUT2D eigenvalue weighted by Crippen LogP contribution is -2.03. The maximum atomic E-state index is 10.4. The highest BCUT2D eigenvalue weighted by atomic mass is 35.9. The van der Waals surface area contributed by atoms with Crippen molar-refractivity contribution < 1.29 is 4.92 Å². The summed E-state index contributed by atoms with van der Waals surface area (Å²) in [5.41, 5.74) is -0.0198. The summed E-state index contributed by atoms with van der Waals surface area (Å²) >= 11 is 11.2. The fraction of sp³-hybridized carbons (Fsp3) is 0. The van der Waals surface area contributed by atoms with E-state index in [9.17, 15) is 10.1 Å². The molecular weight excluding hydrogens is 220 g/mol. The van der Waals surface area contributed by atoms with Crippen LogP contribution >= 0.6 is 29.1 Å². The standard InChI is InChI=1S/C6H4Cl2NO2P/c7-12(8)6-4-2-1-3-5(6)9(10)11/h1-4H. The van der Waals surface area contributed by atoms with Crippen LogP contribution in [0.5, 0.6) is 0 Å². The summed E-state index contributed by atoms with van der Waals surface area (Å²) < 4.78 is 0. The topological polar surface area (TPSA) is 43.1 Å². The molecule has 0 radical (unpaired) electrons. The number of para-hydroxylation sites is 1. The minimum Gasteiger partial charge on any atom is -0.258 e. The summed E-state index contributed by atoms with van der Waals surface area (Å²) in [6.45, 7) is -1.45. The van der Waals surface area contributed by atoms with Crippen LogP contribution in [0, 0.1) is 10.1 Å². The van der Waals surface area contributed by atoms with E-state index in [1.807, 2.05) is 0 Å². The van der Waals surface area contributed by atoms with Crippen molar-refractivity contribution in [3.63, 3.8) is 0 Å². The van der Waals surface area contributed by atoms with Gasteiger partial charge in [0.1, 0.15) is 6.63 Å². The molecule has 0 spiro atoms. The molecule has 0 unspecified atom stereocenters. The van der Waals surface area contributed by atoms with Crippen molar-refractivity contribution in [3.05, 3.63) is 34.4 Å². The molecule has 0 bridgehead atoms. The molecule has 0 amide bonds. The van der Waals surface area contributed by atoms with Gasteiger partial charge in [0.2, 0.25) is 0 Å². The predicted octanol–water partition coefficient (Wildman–Crippen LogP) is 3.01. The van der Waals surface area contributed by atoms with Crippen LogP contribution in [0.15, 0.2) is 24.3 Å². The van der Waals surface area contributed by atoms with Crippen molar-refractivity contribution in [2.24, 2.45) is 0 Å². The molecule has 0 fully saturated rings. The van der Waals surface area contributed by atoms with E-state index in [0.29, 0.717) is 5.30 Å². The Labute approximate surface area is 79.8 Å². The Balaban J connectivity index is 3.17. The summed E-state index contributed by atoms with van der Waals surface area (Å²) in [6.07, 6.45) is 0. The fourth-order valence-electron chi connectivity index (χ4n) is 0.761. The molecule has 0 aliphatic rings. The SMILES string of the molecule is O=[N+]([O-])c1ccccc1P(Cl)Cl. The largest absolute Gasteiger partial charge is 0.279 e. The van der Waals surface area contributed by atoms with Crippen molar-refractivity contribution in [1.82, 2.24) is 0 Å². The van der Waals surface area contributed by atoms with E-state index in [0.717, 1.165) is 0 Å². The summed E-state index contributed by atoms with van der Waals surface area (Å²) in [7, 11) is 0. The minimum absolute atomic E-state index is 0.0198. The van der Waals surface area contributed by atoms with Gasteiger partial charge in [-0.1, -0.05) is 34.6 Å². The Morgan fingerprint density at radius 1 is 1.33 bits per heavy atom. The Morgan fingerprint density at radius 3 is 2.33 bits per heavy atom. The van der Waals surface area contributed by atoms with Crippen LogP contribution in [0.1, 0.15) is 0 Å². The number of hydrogen-bond acceptors (Lipinski definition) is 2. The number of benzene rings is 1. The van der Waals surface area contributed by atoms with Crippen LogP contribution in [-0.4, -0.2) is 4.92 Å². The third-order valence-electron chi connectivity index (χ3n) is 1.26. The number of nitro groups is 1. The first-order valence-corrected chi connectivity index (χ1v) is 6.13. The first kappa shape index (κ1) is 9.72. The van der Waals surface area contributed by atoms with E-state index >= 15 is 0 Å². The van der Waals surface area contributed by atoms with Crippen LogP contribution in [0.3, 0.4) is 0 Å². The van der Waals surface area contributed by atoms with Gasteiger partial charge in [0.15, 0.2) is 0 Å². The summed E-state index contributed by atoms with van der Waals surface area (Å²) in [6, 6.07) is 6.19. The summed E-state index contributed by atoms with van der Waals surface area (Å²) in [4.78, 5) is 9.93. The van der Waals surface area contributed by atoms with Crippen LogP contribution in [0.25, 0.3) is 0 Å². The van der Waals surface area contributed by atoms with Crippen LogP contribution in [-0.2, 0) is 0 Å². The second kappa shape index (κ2) is 4.04. The van der Waals surface area contributed by atoms with Crippen molar-refractivity contribution in [1.29, 1.82) is 0 Å². The molecule has 0 heterocycles. The fourth-order valence-corrected chi connectivity index (χ4v) is 2.15. The molecule has 12 heavy (non-hydrogen) atoms. The number of halogens is 2. The molecule has 6 heteroatoms. The van der Waals surface area contributed by atoms with Gasteiger partial charge in [0.25, 0.3) is 5.69 Å². The Bertz CT molecular complexity index is 305. The van der Waals surface area contributed by atoms with Crippen LogP contribution < -0.4 is 5.30 Å². The normalized spacial score (nSPS) is 10.2. The van der Waals surface area contributed by atoms with Gasteiger partial charge >= 0.3 is 0 Å². The number of nitrogens with zero attached hydrogens (tertiary/aromatic N) is 1. The molecule has 1 aromatic carbocycles. The Kier molecular flexibility index (Phi) is 3.27. The average molecular weight is 224 g/mol. The molecule has 0 saturated carbocycles. The van der Waals surface area contributed by atoms with E-state index in [1.165, 1.54) is 6.07 Å². The predicted molar refractivity (Wildman–Crippen MR) is 51.4 cm³/mol. The number of rotatable bonds is 2. The maximum Gasteiger partial charge on any atom is 0.279 e. The number of nitro benzene ring substituents is 1. The van der Waals surface area contributed by atoms with Crippen LogP contribution in [0.4, 0.5) is 5.69 Å². The Morgan fingerprint density at radius 2 is 1.92 bits per heavy atom. The lowest BCUT2D eigenvalue weighted by molar-refractivity contribution is -0.383. The average Bonchev–Trinajstić information content (AvgIpc) is 2.04. The second-order valence-electron chi connectivity index (χ2n) is 1.98. The van der Waals surface area contributed by atoms with E-state index in [-0.39, 0.29) is 5.69 Å². The van der Waals surface area contributed by atoms with Crippen molar-refractivity contribution in [3.8, 4) is 0 Å². The maximum absolute atomic E-state index is 10.4. The van der Waals surface area contributed by atoms with Gasteiger partial charge in [-0.3, -0.25) is 10.1 Å². The van der Waals surface area contributed by atoms with Crippen molar-refractivity contribution in [2.75, 3.05) is 0 Å². The highest BCUT2D eigenvalue weighted by Crippen LogP contribution is 2.47. The molecular formula is C6H4Cl2NO2P. The molecule has 0 aliphatic carbocycles. The lowest BCUT2D eigenvalue weighted by Gasteiger charge is -2.00. The summed E-state index contributed by atoms with van der Waals surface area (Å²) in [5, 5.41) is 10.8. The molecule has 64 valence electrons. The van der Waals surface area contributed by atoms with Crippen molar-refractivity contribution >= 4 is 40.1 Å². The third-order valence-corrected chi connectivity index (χ3v) is 3.10. The molecule has 0 atom stereocenters. The highest BCUT2D eigenvalue weighted by Gasteiger charge is 2.17. The number of hydrogen-bond donors (Lipinski definition) is 0. The first-order chi connectivity index (χ1) is 5.63. The molecule has 0 saturated heterocycles. The van der Waals surface area contributed by atoms with E-state index in [2.05, 4.69) is 0 Å². The lowest BCUT2D eigenvalue weighted by atomic mass is 10.3. The zero-order valence-electron chi connectivity index (χ0n) is 5.78. The zero-order valence-corrected chi connectivity index (χ0v) is 8.18. The van der Waals surface area contributed by atoms with E-state index in [1.54, 1.807) is 18.2 Å². The third kappa shape index (κ3) is 2.07. The van der Waals surface area contributed by atoms with Gasteiger partial charge in [0.05, 0.1) is 10.2 Å². The van der Waals surface area contributed by atoms with E-state index < -0.39 is 11.6 Å². The monoisotopic (exact) mass is 223 g/mol. The minimum atomic E-state index is -1.45. The van der Waals surface area contributed by atoms with Gasteiger partial charge in [-0.15, -0.1) is 0 Å². The van der Waals surface area contributed by atoms with Gasteiger partial charge in [-0.2, -0.15) is 0 Å². The quantitative estimate of drug-likeness (QED) is 0.440. The molecule has 0 aliphatic heterocycles. The molecule has 3 nitrogen and oxygen atoms in total. The summed E-state index contributed by atoms with van der Waals surface area (Å²) in [5.74, 6) is 0. The van der Waals surface area contributed by atoms with Gasteiger partial charge < -0.3 is 0 Å². The smallest absolute Gasteiger partial charge is 0.258 e. The van der Waals surface area contributed by atoms with Gasteiger partial charge in [0, 0.05) is 6.07 Å². The highest BCUT2D eigenvalue weighted by molar-refractivity contribution is 8.09. The zero-order chi connectivity index (χ0) is 9.14.